The van der Waals surface area contributed by atoms with Crippen molar-refractivity contribution in [3.63, 3.8) is 0 Å². The SMILES string of the molecule is COc1cc(C(=O)N2CC(CC(=O)O)C2)cc(OC)c1Br. The average molecular weight is 358 g/mol. The van der Waals surface area contributed by atoms with Gasteiger partial charge in [0.15, 0.2) is 0 Å². The Morgan fingerprint density at radius 2 is 1.81 bits per heavy atom. The van der Waals surface area contributed by atoms with Crippen LogP contribution in [0.4, 0.5) is 0 Å². The summed E-state index contributed by atoms with van der Waals surface area (Å²) in [7, 11) is 3.03. The summed E-state index contributed by atoms with van der Waals surface area (Å²) in [4.78, 5) is 24.6. The van der Waals surface area contributed by atoms with Crippen molar-refractivity contribution in [2.24, 2.45) is 5.92 Å². The maximum atomic E-state index is 12.4. The van der Waals surface area contributed by atoms with E-state index in [2.05, 4.69) is 15.9 Å². The molecule has 1 aromatic carbocycles. The van der Waals surface area contributed by atoms with Crippen molar-refractivity contribution in [1.29, 1.82) is 0 Å². The van der Waals surface area contributed by atoms with E-state index in [4.69, 9.17) is 14.6 Å². The smallest absolute Gasteiger partial charge is 0.303 e. The maximum absolute atomic E-state index is 12.4. The van der Waals surface area contributed by atoms with Crippen LogP contribution in [0.2, 0.25) is 0 Å². The number of carbonyl (C=O) groups excluding carboxylic acids is 1. The molecule has 114 valence electrons. The number of halogens is 1. The van der Waals surface area contributed by atoms with Crippen LogP contribution in [0.25, 0.3) is 0 Å². The zero-order valence-electron chi connectivity index (χ0n) is 11.8. The molecule has 1 heterocycles. The highest BCUT2D eigenvalue weighted by Gasteiger charge is 2.33. The minimum atomic E-state index is -0.834. The summed E-state index contributed by atoms with van der Waals surface area (Å²) in [6.07, 6.45) is 0.0940. The topological polar surface area (TPSA) is 76.1 Å². The molecule has 1 aliphatic heterocycles. The fourth-order valence-electron chi connectivity index (χ4n) is 2.29. The number of carboxylic acids is 1. The number of amides is 1. The first-order chi connectivity index (χ1) is 9.96. The van der Waals surface area contributed by atoms with Gasteiger partial charge in [0.2, 0.25) is 0 Å². The average Bonchev–Trinajstić information content (AvgIpc) is 2.41. The van der Waals surface area contributed by atoms with E-state index in [9.17, 15) is 9.59 Å². The van der Waals surface area contributed by atoms with E-state index in [0.29, 0.717) is 34.6 Å². The predicted molar refractivity (Wildman–Crippen MR) is 78.9 cm³/mol. The lowest BCUT2D eigenvalue weighted by Gasteiger charge is -2.38. The molecule has 0 saturated carbocycles. The number of ether oxygens (including phenoxy) is 2. The molecular weight excluding hydrogens is 342 g/mol. The van der Waals surface area contributed by atoms with E-state index in [1.807, 2.05) is 0 Å². The van der Waals surface area contributed by atoms with E-state index in [1.54, 1.807) is 17.0 Å². The van der Waals surface area contributed by atoms with Crippen LogP contribution in [0.15, 0.2) is 16.6 Å². The van der Waals surface area contributed by atoms with E-state index >= 15 is 0 Å². The fraction of sp³-hybridized carbons (Fsp3) is 0.429. The number of hydrogen-bond acceptors (Lipinski definition) is 4. The number of rotatable bonds is 5. The van der Waals surface area contributed by atoms with E-state index in [1.165, 1.54) is 14.2 Å². The van der Waals surface area contributed by atoms with Gasteiger partial charge in [-0.15, -0.1) is 0 Å². The second-order valence-electron chi connectivity index (χ2n) is 4.87. The molecule has 0 aromatic heterocycles. The fourth-order valence-corrected chi connectivity index (χ4v) is 2.84. The van der Waals surface area contributed by atoms with Gasteiger partial charge in [-0.2, -0.15) is 0 Å². The van der Waals surface area contributed by atoms with Crippen molar-refractivity contribution < 1.29 is 24.2 Å². The van der Waals surface area contributed by atoms with Crippen molar-refractivity contribution in [1.82, 2.24) is 4.90 Å². The summed E-state index contributed by atoms with van der Waals surface area (Å²) in [6.45, 7) is 0.928. The molecule has 1 fully saturated rings. The summed E-state index contributed by atoms with van der Waals surface area (Å²) in [5, 5.41) is 8.72. The number of carboxylic acid groups (broad SMARTS) is 1. The predicted octanol–water partition coefficient (Wildman–Crippen LogP) is 2.01. The van der Waals surface area contributed by atoms with Crippen molar-refractivity contribution >= 4 is 27.8 Å². The Kier molecular flexibility index (Phi) is 4.72. The third-order valence-electron chi connectivity index (χ3n) is 3.40. The van der Waals surface area contributed by atoms with Gasteiger partial charge in [-0.25, -0.2) is 0 Å². The first-order valence-electron chi connectivity index (χ1n) is 6.38. The first-order valence-corrected chi connectivity index (χ1v) is 7.18. The van der Waals surface area contributed by atoms with E-state index < -0.39 is 5.97 Å². The Hall–Kier alpha value is -1.76. The van der Waals surface area contributed by atoms with Crippen LogP contribution in [0.5, 0.6) is 11.5 Å². The monoisotopic (exact) mass is 357 g/mol. The van der Waals surface area contributed by atoms with Crippen LogP contribution in [0, 0.1) is 5.92 Å². The molecule has 0 spiro atoms. The van der Waals surface area contributed by atoms with Gasteiger partial charge in [-0.05, 0) is 28.1 Å². The minimum Gasteiger partial charge on any atom is -0.495 e. The molecule has 7 heteroatoms. The molecule has 0 unspecified atom stereocenters. The molecule has 0 atom stereocenters. The van der Waals surface area contributed by atoms with Gasteiger partial charge in [0, 0.05) is 24.6 Å². The highest BCUT2D eigenvalue weighted by atomic mass is 79.9. The quantitative estimate of drug-likeness (QED) is 0.872. The normalized spacial score (nSPS) is 14.5. The van der Waals surface area contributed by atoms with Gasteiger partial charge in [0.25, 0.3) is 5.91 Å². The molecular formula is C14H16BrNO5. The van der Waals surface area contributed by atoms with E-state index in [0.717, 1.165) is 0 Å². The molecule has 1 saturated heterocycles. The van der Waals surface area contributed by atoms with Crippen LogP contribution in [-0.2, 0) is 4.79 Å². The summed E-state index contributed by atoms with van der Waals surface area (Å²) < 4.78 is 11.1. The zero-order chi connectivity index (χ0) is 15.6. The van der Waals surface area contributed by atoms with Crippen LogP contribution < -0.4 is 9.47 Å². The largest absolute Gasteiger partial charge is 0.495 e. The molecule has 0 aliphatic carbocycles. The standard InChI is InChI=1S/C14H16BrNO5/c1-20-10-4-9(5-11(21-2)13(10)15)14(19)16-6-8(7-16)3-12(17)18/h4-5,8H,3,6-7H2,1-2H3,(H,17,18). The zero-order valence-corrected chi connectivity index (χ0v) is 13.3. The molecule has 1 aromatic rings. The molecule has 1 amide bonds. The van der Waals surface area contributed by atoms with Crippen LogP contribution in [0.1, 0.15) is 16.8 Å². The molecule has 1 aliphatic rings. The lowest BCUT2D eigenvalue weighted by Crippen LogP contribution is -2.50. The Morgan fingerprint density at radius 1 is 1.29 bits per heavy atom. The number of carbonyl (C=O) groups is 2. The van der Waals surface area contributed by atoms with Crippen molar-refractivity contribution in [3.8, 4) is 11.5 Å². The maximum Gasteiger partial charge on any atom is 0.303 e. The summed E-state index contributed by atoms with van der Waals surface area (Å²) >= 11 is 3.35. The molecule has 6 nitrogen and oxygen atoms in total. The number of benzene rings is 1. The Balaban J connectivity index is 2.12. The molecule has 21 heavy (non-hydrogen) atoms. The van der Waals surface area contributed by atoms with Gasteiger partial charge < -0.3 is 19.5 Å². The highest BCUT2D eigenvalue weighted by Crippen LogP contribution is 2.36. The second-order valence-corrected chi connectivity index (χ2v) is 5.66. The summed E-state index contributed by atoms with van der Waals surface area (Å²) in [5.41, 5.74) is 0.459. The molecule has 0 radical (unpaired) electrons. The molecule has 0 bridgehead atoms. The van der Waals surface area contributed by atoms with Gasteiger partial charge in [0.05, 0.1) is 20.6 Å². The van der Waals surface area contributed by atoms with E-state index in [-0.39, 0.29) is 18.2 Å². The number of nitrogens with zero attached hydrogens (tertiary/aromatic N) is 1. The van der Waals surface area contributed by atoms with Crippen LogP contribution in [-0.4, -0.2) is 49.2 Å². The number of aliphatic carboxylic acids is 1. The van der Waals surface area contributed by atoms with Crippen molar-refractivity contribution in [2.75, 3.05) is 27.3 Å². The third kappa shape index (κ3) is 3.29. The number of hydrogen-bond donors (Lipinski definition) is 1. The lowest BCUT2D eigenvalue weighted by atomic mass is 9.95. The summed E-state index contributed by atoms with van der Waals surface area (Å²) in [5.74, 6) is 0.0751. The minimum absolute atomic E-state index is 0.0330. The first kappa shape index (κ1) is 15.6. The van der Waals surface area contributed by atoms with Crippen molar-refractivity contribution in [3.05, 3.63) is 22.2 Å². The Morgan fingerprint density at radius 3 is 2.24 bits per heavy atom. The third-order valence-corrected chi connectivity index (χ3v) is 4.18. The molecule has 2 rings (SSSR count). The van der Waals surface area contributed by atoms with Gasteiger partial charge >= 0.3 is 5.97 Å². The molecule has 1 N–H and O–H groups in total. The van der Waals surface area contributed by atoms with Gasteiger partial charge in [-0.3, -0.25) is 9.59 Å². The van der Waals surface area contributed by atoms with Crippen LogP contribution in [0.3, 0.4) is 0 Å². The van der Waals surface area contributed by atoms with Crippen LogP contribution >= 0.6 is 15.9 Å². The highest BCUT2D eigenvalue weighted by molar-refractivity contribution is 9.10. The number of methoxy groups -OCH3 is 2. The van der Waals surface area contributed by atoms with Crippen molar-refractivity contribution in [2.45, 2.75) is 6.42 Å². The Labute approximate surface area is 130 Å². The van der Waals surface area contributed by atoms with Gasteiger partial charge in [-0.1, -0.05) is 0 Å². The second kappa shape index (κ2) is 6.34. The Bertz CT molecular complexity index is 543. The number of likely N-dealkylation sites (tertiary alicyclic amines) is 1. The van der Waals surface area contributed by atoms with Gasteiger partial charge in [0.1, 0.15) is 16.0 Å². The lowest BCUT2D eigenvalue weighted by molar-refractivity contribution is -0.139. The summed E-state index contributed by atoms with van der Waals surface area (Å²) in [6, 6.07) is 3.28.